The summed E-state index contributed by atoms with van der Waals surface area (Å²) in [6.07, 6.45) is 3.88. The Morgan fingerprint density at radius 3 is 3.14 bits per heavy atom. The summed E-state index contributed by atoms with van der Waals surface area (Å²) in [6.45, 7) is 2.19. The summed E-state index contributed by atoms with van der Waals surface area (Å²) in [4.78, 5) is 11.0. The van der Waals surface area contributed by atoms with Crippen molar-refractivity contribution in [1.29, 1.82) is 0 Å². The Kier molecular flexibility index (Phi) is 4.35. The third-order valence-corrected chi connectivity index (χ3v) is 2.36. The molecular weight excluding hydrogens is 196 g/mol. The Morgan fingerprint density at radius 2 is 2.57 bits per heavy atom. The number of nitrogens with two attached hydrogens (primary N) is 1. The van der Waals surface area contributed by atoms with Crippen LogP contribution in [0.5, 0.6) is 0 Å². The number of carbonyl (C=O) groups excluding carboxylic acids is 1. The van der Waals surface area contributed by atoms with E-state index in [9.17, 15) is 4.79 Å². The van der Waals surface area contributed by atoms with Gasteiger partial charge in [0.2, 0.25) is 5.91 Å². The fourth-order valence-electron chi connectivity index (χ4n) is 0.885. The Bertz CT molecular complexity index is 304. The molecule has 1 heterocycles. The zero-order chi connectivity index (χ0) is 10.4. The first-order valence-electron chi connectivity index (χ1n) is 4.42. The maximum absolute atomic E-state index is 11.0. The lowest BCUT2D eigenvalue weighted by atomic mass is 10.3. The fraction of sp³-hybridized carbons (Fsp3) is 0.300. The SMILES string of the molecule is C[C@@H](N)C(=O)NCC=Cc1ccsc1. The summed E-state index contributed by atoms with van der Waals surface area (Å²) in [7, 11) is 0. The molecule has 1 atom stereocenters. The second-order valence-corrected chi connectivity index (χ2v) is 3.77. The Hall–Kier alpha value is -1.13. The lowest BCUT2D eigenvalue weighted by Gasteiger charge is -2.03. The van der Waals surface area contributed by atoms with Crippen molar-refractivity contribution < 1.29 is 4.79 Å². The van der Waals surface area contributed by atoms with Crippen molar-refractivity contribution >= 4 is 23.3 Å². The van der Waals surface area contributed by atoms with Crippen molar-refractivity contribution in [1.82, 2.24) is 5.32 Å². The molecule has 0 radical (unpaired) electrons. The third-order valence-electron chi connectivity index (χ3n) is 1.66. The Labute approximate surface area is 87.6 Å². The molecule has 1 aromatic heterocycles. The second-order valence-electron chi connectivity index (χ2n) is 2.99. The molecule has 14 heavy (non-hydrogen) atoms. The molecule has 1 amide bonds. The molecule has 0 aromatic carbocycles. The van der Waals surface area contributed by atoms with Crippen molar-refractivity contribution in [3.63, 3.8) is 0 Å². The van der Waals surface area contributed by atoms with E-state index in [0.29, 0.717) is 6.54 Å². The molecule has 0 saturated heterocycles. The van der Waals surface area contributed by atoms with E-state index in [-0.39, 0.29) is 5.91 Å². The minimum absolute atomic E-state index is 0.125. The van der Waals surface area contributed by atoms with Crippen LogP contribution in [0.25, 0.3) is 6.08 Å². The first-order chi connectivity index (χ1) is 6.70. The molecular formula is C10H14N2OS. The molecule has 1 aromatic rings. The van der Waals surface area contributed by atoms with Gasteiger partial charge >= 0.3 is 0 Å². The molecule has 0 spiro atoms. The summed E-state index contributed by atoms with van der Waals surface area (Å²) in [5.41, 5.74) is 6.54. The van der Waals surface area contributed by atoms with E-state index >= 15 is 0 Å². The van der Waals surface area contributed by atoms with Crippen LogP contribution >= 0.6 is 11.3 Å². The van der Waals surface area contributed by atoms with Crippen LogP contribution in [0.2, 0.25) is 0 Å². The van der Waals surface area contributed by atoms with Crippen molar-refractivity contribution in [3.8, 4) is 0 Å². The van der Waals surface area contributed by atoms with Gasteiger partial charge in [-0.3, -0.25) is 4.79 Å². The number of hydrogen-bond donors (Lipinski definition) is 2. The number of hydrogen-bond acceptors (Lipinski definition) is 3. The van der Waals surface area contributed by atoms with Crippen LogP contribution in [0.4, 0.5) is 0 Å². The average molecular weight is 210 g/mol. The molecule has 4 heteroatoms. The summed E-state index contributed by atoms with van der Waals surface area (Å²) >= 11 is 1.65. The molecule has 76 valence electrons. The van der Waals surface area contributed by atoms with E-state index in [1.165, 1.54) is 0 Å². The van der Waals surface area contributed by atoms with Gasteiger partial charge in [-0.1, -0.05) is 12.2 Å². The monoisotopic (exact) mass is 210 g/mol. The van der Waals surface area contributed by atoms with Gasteiger partial charge in [-0.05, 0) is 29.3 Å². The predicted octanol–water partition coefficient (Wildman–Crippen LogP) is 1.22. The highest BCUT2D eigenvalue weighted by molar-refractivity contribution is 7.08. The maximum atomic E-state index is 11.0. The third kappa shape index (κ3) is 3.72. The van der Waals surface area contributed by atoms with Crippen molar-refractivity contribution in [2.24, 2.45) is 5.73 Å². The largest absolute Gasteiger partial charge is 0.351 e. The molecule has 0 saturated carbocycles. The van der Waals surface area contributed by atoms with E-state index in [1.807, 2.05) is 29.0 Å². The van der Waals surface area contributed by atoms with Gasteiger partial charge in [0, 0.05) is 6.54 Å². The van der Waals surface area contributed by atoms with Crippen LogP contribution in [-0.2, 0) is 4.79 Å². The first kappa shape index (κ1) is 10.9. The first-order valence-corrected chi connectivity index (χ1v) is 5.36. The number of nitrogens with one attached hydrogen (secondary N) is 1. The molecule has 0 unspecified atom stereocenters. The number of carbonyl (C=O) groups is 1. The minimum Gasteiger partial charge on any atom is -0.351 e. The summed E-state index contributed by atoms with van der Waals surface area (Å²) in [5.74, 6) is -0.125. The van der Waals surface area contributed by atoms with E-state index in [4.69, 9.17) is 5.73 Å². The normalized spacial score (nSPS) is 13.0. The highest BCUT2D eigenvalue weighted by Crippen LogP contribution is 2.06. The van der Waals surface area contributed by atoms with Gasteiger partial charge in [0.15, 0.2) is 0 Å². The van der Waals surface area contributed by atoms with Gasteiger partial charge in [-0.25, -0.2) is 0 Å². The number of amides is 1. The van der Waals surface area contributed by atoms with Crippen LogP contribution in [0, 0.1) is 0 Å². The van der Waals surface area contributed by atoms with Crippen LogP contribution in [0.1, 0.15) is 12.5 Å². The zero-order valence-electron chi connectivity index (χ0n) is 8.07. The standard InChI is InChI=1S/C10H14N2OS/c1-8(11)10(13)12-5-2-3-9-4-6-14-7-9/h2-4,6-8H,5,11H2,1H3,(H,12,13)/t8-/m1/s1. The van der Waals surface area contributed by atoms with Crippen LogP contribution in [0.3, 0.4) is 0 Å². The molecule has 0 bridgehead atoms. The van der Waals surface area contributed by atoms with Crippen LogP contribution < -0.4 is 11.1 Å². The van der Waals surface area contributed by atoms with Crippen LogP contribution in [-0.4, -0.2) is 18.5 Å². The maximum Gasteiger partial charge on any atom is 0.236 e. The molecule has 0 fully saturated rings. The second kappa shape index (κ2) is 5.57. The summed E-state index contributed by atoms with van der Waals surface area (Å²) in [6, 6.07) is 1.58. The lowest BCUT2D eigenvalue weighted by Crippen LogP contribution is -2.38. The molecule has 0 aliphatic heterocycles. The molecule has 3 N–H and O–H groups in total. The van der Waals surface area contributed by atoms with Crippen molar-refractivity contribution in [3.05, 3.63) is 28.5 Å². The lowest BCUT2D eigenvalue weighted by molar-refractivity contribution is -0.121. The minimum atomic E-state index is -0.440. The molecule has 3 nitrogen and oxygen atoms in total. The quantitative estimate of drug-likeness (QED) is 0.785. The molecule has 1 rings (SSSR count). The smallest absolute Gasteiger partial charge is 0.236 e. The van der Waals surface area contributed by atoms with Crippen molar-refractivity contribution in [2.45, 2.75) is 13.0 Å². The number of rotatable bonds is 4. The summed E-state index contributed by atoms with van der Waals surface area (Å²) < 4.78 is 0. The zero-order valence-corrected chi connectivity index (χ0v) is 8.88. The highest BCUT2D eigenvalue weighted by Gasteiger charge is 2.03. The Morgan fingerprint density at radius 1 is 1.79 bits per heavy atom. The van der Waals surface area contributed by atoms with E-state index in [0.717, 1.165) is 5.56 Å². The van der Waals surface area contributed by atoms with Gasteiger partial charge in [0.05, 0.1) is 6.04 Å². The predicted molar refractivity (Wildman–Crippen MR) is 60.0 cm³/mol. The van der Waals surface area contributed by atoms with Gasteiger partial charge in [-0.2, -0.15) is 11.3 Å². The average Bonchev–Trinajstić information content (AvgIpc) is 2.64. The summed E-state index contributed by atoms with van der Waals surface area (Å²) in [5, 5.41) is 6.76. The molecule has 0 aliphatic rings. The van der Waals surface area contributed by atoms with Gasteiger partial charge in [0.1, 0.15) is 0 Å². The van der Waals surface area contributed by atoms with Crippen molar-refractivity contribution in [2.75, 3.05) is 6.54 Å². The number of thiophene rings is 1. The topological polar surface area (TPSA) is 55.1 Å². The molecule has 0 aliphatic carbocycles. The fourth-order valence-corrected chi connectivity index (χ4v) is 1.51. The van der Waals surface area contributed by atoms with E-state index in [1.54, 1.807) is 18.3 Å². The van der Waals surface area contributed by atoms with E-state index < -0.39 is 6.04 Å². The van der Waals surface area contributed by atoms with E-state index in [2.05, 4.69) is 5.32 Å². The Balaban J connectivity index is 2.25. The van der Waals surface area contributed by atoms with Gasteiger partial charge in [0.25, 0.3) is 0 Å². The highest BCUT2D eigenvalue weighted by atomic mass is 32.1. The van der Waals surface area contributed by atoms with Gasteiger partial charge < -0.3 is 11.1 Å². The van der Waals surface area contributed by atoms with Gasteiger partial charge in [-0.15, -0.1) is 0 Å². The van der Waals surface area contributed by atoms with Crippen LogP contribution in [0.15, 0.2) is 22.9 Å².